The normalized spacial score (nSPS) is 11.8. The maximum absolute atomic E-state index is 13.4. The predicted octanol–water partition coefficient (Wildman–Crippen LogP) is 1.34. The average Bonchev–Trinajstić information content (AvgIpc) is 2.31. The first-order valence-corrected chi connectivity index (χ1v) is 7.42. The van der Waals surface area contributed by atoms with Crippen molar-refractivity contribution in [3.63, 3.8) is 0 Å². The molecule has 0 spiro atoms. The standard InChI is InChI=1S/C12H19FN2O3S/c1-4-18-6-5-15-19(16,17)12-8(2)7-10(13)11(14)9(12)3/h7,15H,4-6,14H2,1-3H3. The molecule has 19 heavy (non-hydrogen) atoms. The largest absolute Gasteiger partial charge is 0.396 e. The Hall–Kier alpha value is -1.18. The summed E-state index contributed by atoms with van der Waals surface area (Å²) in [5.41, 5.74) is 5.94. The van der Waals surface area contributed by atoms with Gasteiger partial charge in [0.15, 0.2) is 0 Å². The Morgan fingerprint density at radius 3 is 2.63 bits per heavy atom. The van der Waals surface area contributed by atoms with Crippen LogP contribution in [0.15, 0.2) is 11.0 Å². The first-order valence-electron chi connectivity index (χ1n) is 5.93. The van der Waals surface area contributed by atoms with E-state index >= 15 is 0 Å². The highest BCUT2D eigenvalue weighted by Crippen LogP contribution is 2.27. The molecule has 1 aromatic carbocycles. The second kappa shape index (κ2) is 6.31. The molecule has 0 radical (unpaired) electrons. The fourth-order valence-corrected chi connectivity index (χ4v) is 3.30. The zero-order valence-corrected chi connectivity index (χ0v) is 12.1. The zero-order chi connectivity index (χ0) is 14.6. The fraction of sp³-hybridized carbons (Fsp3) is 0.500. The summed E-state index contributed by atoms with van der Waals surface area (Å²) in [6, 6.07) is 1.12. The van der Waals surface area contributed by atoms with Gasteiger partial charge < -0.3 is 10.5 Å². The molecule has 1 aromatic rings. The number of hydrogen-bond donors (Lipinski definition) is 2. The third-order valence-electron chi connectivity index (χ3n) is 2.71. The number of anilines is 1. The highest BCUT2D eigenvalue weighted by Gasteiger charge is 2.22. The van der Waals surface area contributed by atoms with Gasteiger partial charge in [0.05, 0.1) is 17.2 Å². The van der Waals surface area contributed by atoms with Crippen molar-refractivity contribution in [1.29, 1.82) is 0 Å². The van der Waals surface area contributed by atoms with Crippen molar-refractivity contribution >= 4 is 15.7 Å². The van der Waals surface area contributed by atoms with Crippen molar-refractivity contribution in [2.45, 2.75) is 25.7 Å². The summed E-state index contributed by atoms with van der Waals surface area (Å²) in [5, 5.41) is 0. The summed E-state index contributed by atoms with van der Waals surface area (Å²) in [6.45, 7) is 5.80. The molecule has 0 amide bonds. The summed E-state index contributed by atoms with van der Waals surface area (Å²) < 4.78 is 45.2. The second-order valence-corrected chi connectivity index (χ2v) is 5.84. The summed E-state index contributed by atoms with van der Waals surface area (Å²) in [6.07, 6.45) is 0. The summed E-state index contributed by atoms with van der Waals surface area (Å²) in [5.74, 6) is -0.608. The van der Waals surface area contributed by atoms with E-state index in [1.54, 1.807) is 0 Å². The van der Waals surface area contributed by atoms with Crippen molar-refractivity contribution in [2.24, 2.45) is 0 Å². The van der Waals surface area contributed by atoms with Crippen LogP contribution in [0.5, 0.6) is 0 Å². The lowest BCUT2D eigenvalue weighted by atomic mass is 10.1. The molecule has 5 nitrogen and oxygen atoms in total. The number of nitrogens with two attached hydrogens (primary N) is 1. The van der Waals surface area contributed by atoms with Crippen LogP contribution in [0.3, 0.4) is 0 Å². The molecule has 7 heteroatoms. The lowest BCUT2D eigenvalue weighted by molar-refractivity contribution is 0.153. The van der Waals surface area contributed by atoms with Crippen LogP contribution in [0.4, 0.5) is 10.1 Å². The molecule has 0 heterocycles. The average molecular weight is 290 g/mol. The van der Waals surface area contributed by atoms with Gasteiger partial charge in [-0.2, -0.15) is 0 Å². The number of nitrogen functional groups attached to an aromatic ring is 1. The minimum Gasteiger partial charge on any atom is -0.396 e. The first kappa shape index (κ1) is 15.9. The molecule has 108 valence electrons. The smallest absolute Gasteiger partial charge is 0.241 e. The number of ether oxygens (including phenoxy) is 1. The molecule has 0 saturated carbocycles. The van der Waals surface area contributed by atoms with E-state index in [0.29, 0.717) is 12.2 Å². The lowest BCUT2D eigenvalue weighted by Crippen LogP contribution is -2.29. The predicted molar refractivity (Wildman–Crippen MR) is 72.0 cm³/mol. The number of hydrogen-bond acceptors (Lipinski definition) is 4. The summed E-state index contributed by atoms with van der Waals surface area (Å²) in [4.78, 5) is 0.0305. The summed E-state index contributed by atoms with van der Waals surface area (Å²) >= 11 is 0. The number of rotatable bonds is 6. The Labute approximate surface area is 113 Å². The van der Waals surface area contributed by atoms with Gasteiger partial charge in [0.1, 0.15) is 5.82 Å². The van der Waals surface area contributed by atoms with Gasteiger partial charge >= 0.3 is 0 Å². The molecule has 0 saturated heterocycles. The monoisotopic (exact) mass is 290 g/mol. The van der Waals surface area contributed by atoms with E-state index in [0.717, 1.165) is 6.07 Å². The lowest BCUT2D eigenvalue weighted by Gasteiger charge is -2.14. The van der Waals surface area contributed by atoms with Gasteiger partial charge in [0.2, 0.25) is 10.0 Å². The van der Waals surface area contributed by atoms with E-state index < -0.39 is 15.8 Å². The van der Waals surface area contributed by atoms with E-state index in [1.165, 1.54) is 13.8 Å². The summed E-state index contributed by atoms with van der Waals surface area (Å²) in [7, 11) is -3.72. The Kier molecular flexibility index (Phi) is 5.28. The van der Waals surface area contributed by atoms with Crippen molar-refractivity contribution in [3.05, 3.63) is 23.0 Å². The number of aryl methyl sites for hydroxylation is 1. The Bertz CT molecular complexity index is 559. The highest BCUT2D eigenvalue weighted by molar-refractivity contribution is 7.89. The minimum atomic E-state index is -3.72. The van der Waals surface area contributed by atoms with Gasteiger partial charge in [-0.05, 0) is 38.0 Å². The first-order chi connectivity index (χ1) is 8.81. The van der Waals surface area contributed by atoms with Gasteiger partial charge in [-0.25, -0.2) is 17.5 Å². The molecule has 0 aliphatic carbocycles. The maximum Gasteiger partial charge on any atom is 0.241 e. The van der Waals surface area contributed by atoms with Gasteiger partial charge in [-0.3, -0.25) is 0 Å². The molecule has 3 N–H and O–H groups in total. The second-order valence-electron chi connectivity index (χ2n) is 4.14. The zero-order valence-electron chi connectivity index (χ0n) is 11.3. The van der Waals surface area contributed by atoms with Crippen LogP contribution >= 0.6 is 0 Å². The van der Waals surface area contributed by atoms with E-state index in [1.807, 2.05) is 6.92 Å². The molecule has 0 fully saturated rings. The molecular formula is C12H19FN2O3S. The van der Waals surface area contributed by atoms with Crippen molar-refractivity contribution in [2.75, 3.05) is 25.5 Å². The van der Waals surface area contributed by atoms with Gasteiger partial charge in [-0.1, -0.05) is 0 Å². The van der Waals surface area contributed by atoms with Gasteiger partial charge in [-0.15, -0.1) is 0 Å². The van der Waals surface area contributed by atoms with E-state index in [2.05, 4.69) is 4.72 Å². The van der Waals surface area contributed by atoms with Crippen LogP contribution in [-0.4, -0.2) is 28.2 Å². The van der Waals surface area contributed by atoms with Crippen LogP contribution in [0.25, 0.3) is 0 Å². The highest BCUT2D eigenvalue weighted by atomic mass is 32.2. The van der Waals surface area contributed by atoms with Crippen LogP contribution in [-0.2, 0) is 14.8 Å². The van der Waals surface area contributed by atoms with E-state index in [4.69, 9.17) is 10.5 Å². The maximum atomic E-state index is 13.4. The van der Waals surface area contributed by atoms with Crippen molar-refractivity contribution in [1.82, 2.24) is 4.72 Å². The number of sulfonamides is 1. The Morgan fingerprint density at radius 1 is 1.42 bits per heavy atom. The quantitative estimate of drug-likeness (QED) is 0.612. The van der Waals surface area contributed by atoms with Crippen LogP contribution in [0.2, 0.25) is 0 Å². The fourth-order valence-electron chi connectivity index (χ4n) is 1.81. The molecule has 0 aromatic heterocycles. The third kappa shape index (κ3) is 3.65. The third-order valence-corrected chi connectivity index (χ3v) is 4.46. The van der Waals surface area contributed by atoms with Crippen LogP contribution in [0.1, 0.15) is 18.1 Å². The van der Waals surface area contributed by atoms with Gasteiger partial charge in [0, 0.05) is 13.2 Å². The molecule has 0 bridgehead atoms. The van der Waals surface area contributed by atoms with E-state index in [9.17, 15) is 12.8 Å². The van der Waals surface area contributed by atoms with Gasteiger partial charge in [0.25, 0.3) is 0 Å². The Balaban J connectivity index is 3.05. The molecule has 1 rings (SSSR count). The topological polar surface area (TPSA) is 81.4 Å². The molecule has 0 aliphatic heterocycles. The van der Waals surface area contributed by atoms with Crippen molar-refractivity contribution < 1.29 is 17.5 Å². The Morgan fingerprint density at radius 2 is 2.05 bits per heavy atom. The molecule has 0 atom stereocenters. The van der Waals surface area contributed by atoms with E-state index in [-0.39, 0.29) is 29.3 Å². The van der Waals surface area contributed by atoms with Crippen molar-refractivity contribution in [3.8, 4) is 0 Å². The molecular weight excluding hydrogens is 271 g/mol. The SMILES string of the molecule is CCOCCNS(=O)(=O)c1c(C)cc(F)c(N)c1C. The molecule has 0 aliphatic rings. The number of halogens is 1. The van der Waals surface area contributed by atoms with Crippen LogP contribution in [0, 0.1) is 19.7 Å². The van der Waals surface area contributed by atoms with Crippen LogP contribution < -0.4 is 10.5 Å². The number of benzene rings is 1. The minimum absolute atomic E-state index is 0.0305. The number of nitrogens with one attached hydrogen (secondary N) is 1. The molecule has 0 unspecified atom stereocenters.